The minimum Gasteiger partial charge on any atom is -0.320 e. The van der Waals surface area contributed by atoms with Crippen molar-refractivity contribution < 1.29 is 30.7 Å². The Labute approximate surface area is 123 Å². The van der Waals surface area contributed by atoms with Gasteiger partial charge in [-0.15, -0.1) is 0 Å². The third-order valence-electron chi connectivity index (χ3n) is 2.02. The van der Waals surface area contributed by atoms with Gasteiger partial charge in [-0.05, 0) is 34.1 Å². The van der Waals surface area contributed by atoms with E-state index in [4.69, 9.17) is 9.11 Å². The zero-order valence-electron chi connectivity index (χ0n) is 9.57. The largest absolute Gasteiger partial charge is 0.320 e. The third kappa shape index (κ3) is 4.11. The van der Waals surface area contributed by atoms with E-state index >= 15 is 0 Å². The number of nitrogens with one attached hydrogen (secondary N) is 1. The molecule has 8 nitrogen and oxygen atoms in total. The van der Waals surface area contributed by atoms with Crippen LogP contribution in [0.5, 0.6) is 0 Å². The first-order valence-electron chi connectivity index (χ1n) is 4.67. The molecule has 0 aliphatic heterocycles. The van der Waals surface area contributed by atoms with Crippen LogP contribution < -0.4 is 5.32 Å². The Morgan fingerprint density at radius 1 is 1.15 bits per heavy atom. The van der Waals surface area contributed by atoms with E-state index < -0.39 is 41.6 Å². The summed E-state index contributed by atoms with van der Waals surface area (Å²) < 4.78 is 61.9. The first-order valence-corrected chi connectivity index (χ1v) is 8.35. The van der Waals surface area contributed by atoms with Crippen LogP contribution in [-0.4, -0.2) is 31.8 Å². The molecule has 0 aromatic heterocycles. The van der Waals surface area contributed by atoms with Gasteiger partial charge in [-0.25, -0.2) is 0 Å². The van der Waals surface area contributed by atoms with Crippen LogP contribution in [0.4, 0.5) is 5.69 Å². The molecular formula is C9H8BrNO7S2. The van der Waals surface area contributed by atoms with Crippen molar-refractivity contribution in [2.45, 2.75) is 9.79 Å². The van der Waals surface area contributed by atoms with E-state index in [1.54, 1.807) is 0 Å². The van der Waals surface area contributed by atoms with Gasteiger partial charge in [0.25, 0.3) is 26.1 Å². The van der Waals surface area contributed by atoms with Crippen LogP contribution in [0, 0.1) is 0 Å². The summed E-state index contributed by atoms with van der Waals surface area (Å²) in [5.74, 6) is -0.859. The first-order chi connectivity index (χ1) is 8.93. The second-order valence-electron chi connectivity index (χ2n) is 3.47. The van der Waals surface area contributed by atoms with Gasteiger partial charge in [0.05, 0.1) is 15.1 Å². The van der Waals surface area contributed by atoms with E-state index in [2.05, 4.69) is 22.5 Å². The van der Waals surface area contributed by atoms with Gasteiger partial charge in [0.2, 0.25) is 0 Å². The van der Waals surface area contributed by atoms with Crippen LogP contribution in [-0.2, 0) is 25.0 Å². The summed E-state index contributed by atoms with van der Waals surface area (Å²) in [7, 11) is -9.31. The van der Waals surface area contributed by atoms with Gasteiger partial charge in [-0.1, -0.05) is 6.58 Å². The van der Waals surface area contributed by atoms with Crippen molar-refractivity contribution in [1.29, 1.82) is 0 Å². The van der Waals surface area contributed by atoms with Crippen molar-refractivity contribution in [2.75, 3.05) is 5.32 Å². The van der Waals surface area contributed by atoms with E-state index in [-0.39, 0.29) is 4.48 Å². The lowest BCUT2D eigenvalue weighted by atomic mass is 10.3. The molecule has 110 valence electrons. The molecule has 0 radical (unpaired) electrons. The molecule has 1 rings (SSSR count). The average Bonchev–Trinajstić information content (AvgIpc) is 2.25. The van der Waals surface area contributed by atoms with Crippen molar-refractivity contribution in [3.63, 3.8) is 0 Å². The van der Waals surface area contributed by atoms with Crippen molar-refractivity contribution in [1.82, 2.24) is 0 Å². The topological polar surface area (TPSA) is 138 Å². The molecule has 0 aliphatic rings. The lowest BCUT2D eigenvalue weighted by Gasteiger charge is -2.10. The van der Waals surface area contributed by atoms with Crippen molar-refractivity contribution in [2.24, 2.45) is 0 Å². The third-order valence-corrected chi connectivity index (χ3v) is 4.14. The second kappa shape index (κ2) is 5.61. The Kier molecular flexibility index (Phi) is 4.71. The maximum atomic E-state index is 11.4. The van der Waals surface area contributed by atoms with Crippen LogP contribution in [0.25, 0.3) is 0 Å². The highest BCUT2D eigenvalue weighted by Crippen LogP contribution is 2.25. The number of anilines is 1. The Morgan fingerprint density at radius 3 is 2.10 bits per heavy atom. The summed E-state index contributed by atoms with van der Waals surface area (Å²) in [6, 6.07) is 2.17. The van der Waals surface area contributed by atoms with Gasteiger partial charge in [-0.2, -0.15) is 16.8 Å². The van der Waals surface area contributed by atoms with Gasteiger partial charge >= 0.3 is 0 Å². The lowest BCUT2D eigenvalue weighted by molar-refractivity contribution is -0.112. The predicted molar refractivity (Wildman–Crippen MR) is 72.8 cm³/mol. The number of hydrogen-bond acceptors (Lipinski definition) is 5. The number of rotatable bonds is 4. The van der Waals surface area contributed by atoms with E-state index in [1.807, 2.05) is 5.32 Å². The molecule has 20 heavy (non-hydrogen) atoms. The second-order valence-corrected chi connectivity index (χ2v) is 7.24. The molecule has 0 atom stereocenters. The van der Waals surface area contributed by atoms with E-state index in [9.17, 15) is 21.6 Å². The van der Waals surface area contributed by atoms with E-state index in [0.717, 1.165) is 12.1 Å². The standard InChI is InChI=1S/C9H8BrNO7S2/c1-5(10)9(12)11-7-4-6(19(13,14)15)2-3-8(7)20(16,17)18/h2-4H,1H2,(H,11,12)(H,13,14,15)(H,16,17,18). The molecule has 0 saturated carbocycles. The van der Waals surface area contributed by atoms with Gasteiger partial charge in [-0.3, -0.25) is 13.9 Å². The van der Waals surface area contributed by atoms with Crippen molar-refractivity contribution >= 4 is 47.8 Å². The van der Waals surface area contributed by atoms with Crippen LogP contribution in [0.1, 0.15) is 0 Å². The highest BCUT2D eigenvalue weighted by atomic mass is 79.9. The summed E-state index contributed by atoms with van der Waals surface area (Å²) in [5, 5.41) is 2.03. The van der Waals surface area contributed by atoms with Crippen molar-refractivity contribution in [3.8, 4) is 0 Å². The van der Waals surface area contributed by atoms with Gasteiger partial charge in [0.1, 0.15) is 4.90 Å². The van der Waals surface area contributed by atoms with Crippen LogP contribution in [0.3, 0.4) is 0 Å². The molecule has 0 bridgehead atoms. The van der Waals surface area contributed by atoms with E-state index in [1.165, 1.54) is 0 Å². The lowest BCUT2D eigenvalue weighted by Crippen LogP contribution is -2.14. The monoisotopic (exact) mass is 385 g/mol. The number of halogens is 1. The maximum Gasteiger partial charge on any atom is 0.296 e. The maximum absolute atomic E-state index is 11.4. The molecule has 0 spiro atoms. The minimum absolute atomic E-state index is 0.156. The molecule has 1 amide bonds. The quantitative estimate of drug-likeness (QED) is 0.519. The van der Waals surface area contributed by atoms with Gasteiger partial charge in [0.15, 0.2) is 0 Å². The minimum atomic E-state index is -4.70. The number of benzene rings is 1. The number of amides is 1. The highest BCUT2D eigenvalue weighted by molar-refractivity contribution is 9.12. The molecular weight excluding hydrogens is 378 g/mol. The smallest absolute Gasteiger partial charge is 0.296 e. The van der Waals surface area contributed by atoms with Crippen LogP contribution in [0.15, 0.2) is 39.1 Å². The zero-order valence-corrected chi connectivity index (χ0v) is 12.8. The number of hydrogen-bond donors (Lipinski definition) is 3. The van der Waals surface area contributed by atoms with Crippen LogP contribution in [0.2, 0.25) is 0 Å². The molecule has 0 heterocycles. The highest BCUT2D eigenvalue weighted by Gasteiger charge is 2.21. The Morgan fingerprint density at radius 2 is 1.70 bits per heavy atom. The first kappa shape index (κ1) is 16.8. The molecule has 11 heteroatoms. The molecule has 1 aromatic rings. The van der Waals surface area contributed by atoms with Crippen LogP contribution >= 0.6 is 15.9 Å². The fourth-order valence-corrected chi connectivity index (χ4v) is 2.42. The zero-order chi connectivity index (χ0) is 15.7. The SMILES string of the molecule is C=C(Br)C(=O)Nc1cc(S(=O)(=O)O)ccc1S(=O)(=O)O. The summed E-state index contributed by atoms with van der Waals surface area (Å²) >= 11 is 2.74. The molecule has 0 saturated heterocycles. The van der Waals surface area contributed by atoms with Gasteiger partial charge in [0, 0.05) is 0 Å². The Bertz CT molecular complexity index is 783. The number of carbonyl (C=O) groups is 1. The van der Waals surface area contributed by atoms with Crippen molar-refractivity contribution in [3.05, 3.63) is 29.3 Å². The summed E-state index contributed by atoms with van der Waals surface area (Å²) in [6.45, 7) is 3.24. The molecule has 0 unspecified atom stereocenters. The Balaban J connectivity index is 3.50. The Hall–Kier alpha value is -1.27. The summed E-state index contributed by atoms with van der Waals surface area (Å²) in [5.41, 5.74) is -0.520. The average molecular weight is 386 g/mol. The number of carbonyl (C=O) groups excluding carboxylic acids is 1. The molecule has 3 N–H and O–H groups in total. The fourth-order valence-electron chi connectivity index (χ4n) is 1.18. The molecule has 0 aliphatic carbocycles. The van der Waals surface area contributed by atoms with Gasteiger partial charge < -0.3 is 5.32 Å². The normalized spacial score (nSPS) is 11.9. The summed E-state index contributed by atoms with van der Waals surface area (Å²) in [6.07, 6.45) is 0. The molecule has 0 fully saturated rings. The fraction of sp³-hybridized carbons (Fsp3) is 0. The van der Waals surface area contributed by atoms with E-state index in [0.29, 0.717) is 6.07 Å². The summed E-state index contributed by atoms with van der Waals surface area (Å²) in [4.78, 5) is 10.0. The molecule has 1 aromatic carbocycles. The predicted octanol–water partition coefficient (Wildman–Crippen LogP) is 1.03.